The second-order valence-corrected chi connectivity index (χ2v) is 4.89. The van der Waals surface area contributed by atoms with Gasteiger partial charge in [-0.3, -0.25) is 4.98 Å². The summed E-state index contributed by atoms with van der Waals surface area (Å²) in [6.07, 6.45) is 1.76. The lowest BCUT2D eigenvalue weighted by molar-refractivity contribution is 0.107. The monoisotopic (exact) mass is 306 g/mol. The Balaban J connectivity index is 1.86. The lowest BCUT2D eigenvalue weighted by atomic mass is 10.2. The zero-order chi connectivity index (χ0) is 12.8. The number of rotatable bonds is 5. The Morgan fingerprint density at radius 1 is 1.06 bits per heavy atom. The molecule has 0 atom stereocenters. The zero-order valence-electron chi connectivity index (χ0n) is 9.97. The molecule has 0 bridgehead atoms. The summed E-state index contributed by atoms with van der Waals surface area (Å²) in [6.45, 7) is 1.64. The Kier molecular flexibility index (Phi) is 4.87. The predicted octanol–water partition coefficient (Wildman–Crippen LogP) is 3.02. The highest BCUT2D eigenvalue weighted by Gasteiger charge is 1.97. The molecule has 2 N–H and O–H groups in total. The molecule has 2 rings (SSSR count). The molecule has 1 aromatic carbocycles. The molecule has 2 aromatic rings. The molecule has 0 saturated carbocycles. The molecule has 0 aliphatic heterocycles. The maximum Gasteiger partial charge on any atom is 0.0722 e. The van der Waals surface area contributed by atoms with Crippen LogP contribution < -0.4 is 5.73 Å². The van der Waals surface area contributed by atoms with Crippen molar-refractivity contribution < 1.29 is 4.74 Å². The van der Waals surface area contributed by atoms with E-state index in [2.05, 4.69) is 20.9 Å². The van der Waals surface area contributed by atoms with Crippen molar-refractivity contribution in [3.05, 3.63) is 63.9 Å². The number of nitrogens with two attached hydrogens (primary N) is 1. The first-order chi connectivity index (χ1) is 8.78. The van der Waals surface area contributed by atoms with Gasteiger partial charge in [0.15, 0.2) is 0 Å². The van der Waals surface area contributed by atoms with E-state index in [0.717, 1.165) is 21.3 Å². The molecule has 4 heteroatoms. The van der Waals surface area contributed by atoms with E-state index in [1.165, 1.54) is 0 Å². The molecule has 0 saturated heterocycles. The van der Waals surface area contributed by atoms with E-state index < -0.39 is 0 Å². The van der Waals surface area contributed by atoms with Gasteiger partial charge in [-0.15, -0.1) is 0 Å². The quantitative estimate of drug-likeness (QED) is 0.923. The smallest absolute Gasteiger partial charge is 0.0722 e. The van der Waals surface area contributed by atoms with Crippen LogP contribution in [0.3, 0.4) is 0 Å². The van der Waals surface area contributed by atoms with E-state index >= 15 is 0 Å². The van der Waals surface area contributed by atoms with Crippen molar-refractivity contribution in [2.75, 3.05) is 0 Å². The highest BCUT2D eigenvalue weighted by Crippen LogP contribution is 2.12. The second-order valence-electron chi connectivity index (χ2n) is 3.98. The minimum Gasteiger partial charge on any atom is -0.372 e. The van der Waals surface area contributed by atoms with Crippen LogP contribution in [-0.2, 0) is 24.5 Å². The number of nitrogens with zero attached hydrogens (tertiary/aromatic N) is 1. The van der Waals surface area contributed by atoms with Gasteiger partial charge in [0.2, 0.25) is 0 Å². The van der Waals surface area contributed by atoms with Gasteiger partial charge in [0.25, 0.3) is 0 Å². The molecule has 0 spiro atoms. The molecular formula is C14H15BrN2O. The fourth-order valence-electron chi connectivity index (χ4n) is 1.60. The first-order valence-corrected chi connectivity index (χ1v) is 6.53. The minimum absolute atomic E-state index is 0.459. The van der Waals surface area contributed by atoms with E-state index in [1.807, 2.05) is 36.4 Å². The van der Waals surface area contributed by atoms with E-state index in [4.69, 9.17) is 10.5 Å². The lowest BCUT2D eigenvalue weighted by Crippen LogP contribution is -2.01. The normalized spacial score (nSPS) is 10.6. The molecule has 18 heavy (non-hydrogen) atoms. The highest BCUT2D eigenvalue weighted by molar-refractivity contribution is 9.10. The Morgan fingerprint density at radius 2 is 1.78 bits per heavy atom. The molecule has 3 nitrogen and oxygen atoms in total. The number of benzene rings is 1. The van der Waals surface area contributed by atoms with Crippen LogP contribution in [0, 0.1) is 0 Å². The van der Waals surface area contributed by atoms with Gasteiger partial charge in [-0.2, -0.15) is 0 Å². The average molecular weight is 307 g/mol. The van der Waals surface area contributed by atoms with Gasteiger partial charge in [-0.25, -0.2) is 0 Å². The highest BCUT2D eigenvalue weighted by atomic mass is 79.9. The molecule has 0 radical (unpaired) electrons. The van der Waals surface area contributed by atoms with Crippen molar-refractivity contribution in [2.24, 2.45) is 5.73 Å². The number of halogens is 1. The largest absolute Gasteiger partial charge is 0.372 e. The summed E-state index contributed by atoms with van der Waals surface area (Å²) in [7, 11) is 0. The second kappa shape index (κ2) is 6.64. The summed E-state index contributed by atoms with van der Waals surface area (Å²) in [5.74, 6) is 0. The fourth-order valence-corrected chi connectivity index (χ4v) is 1.86. The molecule has 1 heterocycles. The van der Waals surface area contributed by atoms with Crippen LogP contribution in [0.5, 0.6) is 0 Å². The Hall–Kier alpha value is -1.23. The maximum absolute atomic E-state index is 5.66. The first kappa shape index (κ1) is 13.2. The van der Waals surface area contributed by atoms with Crippen molar-refractivity contribution in [1.82, 2.24) is 4.98 Å². The van der Waals surface area contributed by atoms with Crippen LogP contribution in [0.25, 0.3) is 0 Å². The third-order valence-electron chi connectivity index (χ3n) is 2.54. The average Bonchev–Trinajstić information content (AvgIpc) is 2.41. The predicted molar refractivity (Wildman–Crippen MR) is 74.8 cm³/mol. The third kappa shape index (κ3) is 3.91. The molecule has 0 fully saturated rings. The van der Waals surface area contributed by atoms with Crippen LogP contribution in [0.15, 0.2) is 47.1 Å². The lowest BCUT2D eigenvalue weighted by Gasteiger charge is -2.06. The van der Waals surface area contributed by atoms with Gasteiger partial charge in [0.05, 0.1) is 18.9 Å². The molecule has 1 aromatic heterocycles. The molecule has 0 aliphatic carbocycles. The summed E-state index contributed by atoms with van der Waals surface area (Å²) < 4.78 is 6.74. The number of hydrogen-bond donors (Lipinski definition) is 1. The van der Waals surface area contributed by atoms with Crippen LogP contribution in [0.2, 0.25) is 0 Å². The number of hydrogen-bond acceptors (Lipinski definition) is 3. The standard InChI is InChI=1S/C14H15BrN2O/c15-13-3-1-11(2-4-13)9-18-10-12-5-6-17-14(7-12)8-16/h1-7H,8-10,16H2. The van der Waals surface area contributed by atoms with Crippen molar-refractivity contribution in [1.29, 1.82) is 0 Å². The van der Waals surface area contributed by atoms with Crippen LogP contribution >= 0.6 is 15.9 Å². The Bertz CT molecular complexity index is 499. The van der Waals surface area contributed by atoms with Crippen LogP contribution in [0.1, 0.15) is 16.8 Å². The van der Waals surface area contributed by atoms with Gasteiger partial charge < -0.3 is 10.5 Å². The van der Waals surface area contributed by atoms with Gasteiger partial charge in [0, 0.05) is 17.2 Å². The number of pyridine rings is 1. The fraction of sp³-hybridized carbons (Fsp3) is 0.214. The minimum atomic E-state index is 0.459. The molecule has 0 amide bonds. The summed E-state index contributed by atoms with van der Waals surface area (Å²) >= 11 is 3.41. The van der Waals surface area contributed by atoms with Crippen molar-refractivity contribution in [2.45, 2.75) is 19.8 Å². The van der Waals surface area contributed by atoms with Crippen molar-refractivity contribution in [3.63, 3.8) is 0 Å². The molecular weight excluding hydrogens is 292 g/mol. The van der Waals surface area contributed by atoms with Gasteiger partial charge >= 0.3 is 0 Å². The summed E-state index contributed by atoms with van der Waals surface area (Å²) in [4.78, 5) is 4.15. The SMILES string of the molecule is NCc1cc(COCc2ccc(Br)cc2)ccn1. The van der Waals surface area contributed by atoms with E-state index in [-0.39, 0.29) is 0 Å². The van der Waals surface area contributed by atoms with Crippen LogP contribution in [0.4, 0.5) is 0 Å². The van der Waals surface area contributed by atoms with Crippen LogP contribution in [-0.4, -0.2) is 4.98 Å². The summed E-state index contributed by atoms with van der Waals surface area (Å²) in [5.41, 5.74) is 8.69. The Morgan fingerprint density at radius 3 is 2.50 bits per heavy atom. The van der Waals surface area contributed by atoms with E-state index in [9.17, 15) is 0 Å². The molecule has 0 aliphatic rings. The van der Waals surface area contributed by atoms with Gasteiger partial charge in [-0.1, -0.05) is 28.1 Å². The van der Waals surface area contributed by atoms with E-state index in [0.29, 0.717) is 19.8 Å². The van der Waals surface area contributed by atoms with Crippen molar-refractivity contribution in [3.8, 4) is 0 Å². The molecule has 0 unspecified atom stereocenters. The summed E-state index contributed by atoms with van der Waals surface area (Å²) in [5, 5.41) is 0. The maximum atomic E-state index is 5.66. The Labute approximate surface area is 115 Å². The van der Waals surface area contributed by atoms with Crippen molar-refractivity contribution >= 4 is 15.9 Å². The summed E-state index contributed by atoms with van der Waals surface area (Å²) in [6, 6.07) is 12.0. The zero-order valence-corrected chi connectivity index (χ0v) is 11.6. The molecule has 94 valence electrons. The third-order valence-corrected chi connectivity index (χ3v) is 3.07. The van der Waals surface area contributed by atoms with E-state index in [1.54, 1.807) is 6.20 Å². The number of ether oxygens (including phenoxy) is 1. The van der Waals surface area contributed by atoms with Gasteiger partial charge in [0.1, 0.15) is 0 Å². The first-order valence-electron chi connectivity index (χ1n) is 5.74. The topological polar surface area (TPSA) is 48.1 Å². The van der Waals surface area contributed by atoms with Gasteiger partial charge in [-0.05, 0) is 35.4 Å². The number of aromatic nitrogens is 1.